The molecule has 0 fully saturated rings. The fourth-order valence-corrected chi connectivity index (χ4v) is 8.01. The first-order chi connectivity index (χ1) is 16.1. The third kappa shape index (κ3) is 3.64. The molecule has 4 heterocycles. The monoisotopic (exact) mass is 493 g/mol. The van der Waals surface area contributed by atoms with Crippen molar-refractivity contribution < 1.29 is 4.79 Å². The minimum atomic E-state index is -0.337. The van der Waals surface area contributed by atoms with Crippen molar-refractivity contribution in [2.24, 2.45) is 0 Å². The maximum Gasteiger partial charge on any atom is 0.267 e. The molecule has 33 heavy (non-hydrogen) atoms. The van der Waals surface area contributed by atoms with Crippen LogP contribution in [0.15, 0.2) is 51.7 Å². The Labute approximate surface area is 204 Å². The van der Waals surface area contributed by atoms with Crippen LogP contribution < -0.4 is 5.56 Å². The van der Waals surface area contributed by atoms with Crippen LogP contribution in [0.25, 0.3) is 15.9 Å². The highest BCUT2D eigenvalue weighted by atomic mass is 32.2. The summed E-state index contributed by atoms with van der Waals surface area (Å²) in [6.07, 6.45) is 3.99. The fourth-order valence-electron chi connectivity index (χ4n) is 4.81. The van der Waals surface area contributed by atoms with Crippen molar-refractivity contribution in [1.29, 1.82) is 0 Å². The molecule has 6 rings (SSSR count). The van der Waals surface area contributed by atoms with Crippen molar-refractivity contribution in [3.63, 3.8) is 0 Å². The number of carbonyl (C=O) groups is 1. The number of thioether (sulfide) groups is 1. The summed E-state index contributed by atoms with van der Waals surface area (Å²) in [5.41, 5.74) is 3.20. The zero-order valence-electron chi connectivity index (χ0n) is 18.2. The first kappa shape index (κ1) is 21.1. The van der Waals surface area contributed by atoms with Crippen molar-refractivity contribution in [1.82, 2.24) is 14.5 Å². The van der Waals surface area contributed by atoms with E-state index in [2.05, 4.69) is 11.4 Å². The molecule has 0 radical (unpaired) electrons. The lowest BCUT2D eigenvalue weighted by atomic mass is 10.1. The van der Waals surface area contributed by atoms with Crippen LogP contribution in [0.4, 0.5) is 0 Å². The van der Waals surface area contributed by atoms with E-state index in [4.69, 9.17) is 4.98 Å². The van der Waals surface area contributed by atoms with E-state index in [0.29, 0.717) is 11.7 Å². The Hall–Kier alpha value is -2.42. The van der Waals surface area contributed by atoms with Gasteiger partial charge in [-0.15, -0.1) is 22.7 Å². The number of rotatable bonds is 4. The lowest BCUT2D eigenvalue weighted by Crippen LogP contribution is -2.40. The third-order valence-electron chi connectivity index (χ3n) is 6.47. The van der Waals surface area contributed by atoms with Gasteiger partial charge in [0.2, 0.25) is 5.91 Å². The summed E-state index contributed by atoms with van der Waals surface area (Å²) < 4.78 is 1.70. The molecule has 2 aliphatic rings. The molecule has 1 aliphatic carbocycles. The van der Waals surface area contributed by atoms with Crippen LogP contribution in [-0.2, 0) is 30.6 Å². The highest BCUT2D eigenvalue weighted by molar-refractivity contribution is 8.00. The molecule has 1 unspecified atom stereocenters. The number of aromatic nitrogens is 2. The van der Waals surface area contributed by atoms with E-state index >= 15 is 0 Å². The number of aryl methyl sites for hydroxylation is 2. The highest BCUT2D eigenvalue weighted by Crippen LogP contribution is 2.37. The molecular weight excluding hydrogens is 470 g/mol. The average Bonchev–Trinajstić information content (AvgIpc) is 3.54. The van der Waals surface area contributed by atoms with Crippen LogP contribution in [0.5, 0.6) is 0 Å². The van der Waals surface area contributed by atoms with E-state index < -0.39 is 0 Å². The number of hydrogen-bond donors (Lipinski definition) is 0. The van der Waals surface area contributed by atoms with Crippen molar-refractivity contribution >= 4 is 50.6 Å². The molecule has 0 spiro atoms. The largest absolute Gasteiger partial charge is 0.337 e. The Balaban J connectivity index is 1.38. The van der Waals surface area contributed by atoms with E-state index in [9.17, 15) is 9.59 Å². The van der Waals surface area contributed by atoms with Gasteiger partial charge in [0.1, 0.15) is 4.83 Å². The minimum absolute atomic E-state index is 0.0198. The van der Waals surface area contributed by atoms with Gasteiger partial charge in [0.05, 0.1) is 16.3 Å². The first-order valence-corrected chi connectivity index (χ1v) is 13.8. The normalized spacial score (nSPS) is 16.1. The van der Waals surface area contributed by atoms with Crippen molar-refractivity contribution in [3.05, 3.63) is 73.0 Å². The molecule has 1 aliphatic heterocycles. The maximum absolute atomic E-state index is 13.8. The van der Waals surface area contributed by atoms with Crippen LogP contribution in [-0.4, -0.2) is 32.2 Å². The standard InChI is InChI=1S/C25H23N3O2S3/c1-15(23(29)27-12-10-19-16(14-27)11-13-31-19)32-25-26-22-21(18-8-5-9-20(18)33-22)24(30)28(25)17-6-3-2-4-7-17/h2-4,6-7,11,13,15H,5,8-10,12,14H2,1H3. The maximum atomic E-state index is 13.8. The first-order valence-electron chi connectivity index (χ1n) is 11.2. The molecule has 8 heteroatoms. The van der Waals surface area contributed by atoms with Gasteiger partial charge in [0.25, 0.3) is 5.56 Å². The molecule has 3 aromatic heterocycles. The number of carbonyl (C=O) groups excluding carboxylic acids is 1. The van der Waals surface area contributed by atoms with E-state index in [1.54, 1.807) is 27.2 Å². The predicted molar refractivity (Wildman–Crippen MR) is 136 cm³/mol. The molecule has 1 amide bonds. The zero-order chi connectivity index (χ0) is 22.5. The molecule has 0 saturated carbocycles. The highest BCUT2D eigenvalue weighted by Gasteiger charge is 2.29. The summed E-state index contributed by atoms with van der Waals surface area (Å²) in [4.78, 5) is 37.5. The van der Waals surface area contributed by atoms with Gasteiger partial charge in [-0.25, -0.2) is 4.98 Å². The van der Waals surface area contributed by atoms with Crippen LogP contribution in [0.2, 0.25) is 0 Å². The number of para-hydroxylation sites is 1. The van der Waals surface area contributed by atoms with Crippen molar-refractivity contribution in [2.75, 3.05) is 6.54 Å². The number of hydrogen-bond acceptors (Lipinski definition) is 6. The van der Waals surface area contributed by atoms with Crippen LogP contribution in [0.1, 0.15) is 34.2 Å². The Kier molecular flexibility index (Phi) is 5.39. The van der Waals surface area contributed by atoms with Gasteiger partial charge in [0.15, 0.2) is 5.16 Å². The molecule has 0 N–H and O–H groups in total. The van der Waals surface area contributed by atoms with Crippen LogP contribution in [0, 0.1) is 0 Å². The van der Waals surface area contributed by atoms with E-state index in [-0.39, 0.29) is 16.7 Å². The fraction of sp³-hybridized carbons (Fsp3) is 0.320. The summed E-state index contributed by atoms with van der Waals surface area (Å²) in [5.74, 6) is 0.0967. The number of benzene rings is 1. The van der Waals surface area contributed by atoms with Gasteiger partial charge in [-0.1, -0.05) is 30.0 Å². The lowest BCUT2D eigenvalue weighted by Gasteiger charge is -2.29. The summed E-state index contributed by atoms with van der Waals surface area (Å²) in [6, 6.07) is 11.8. The van der Waals surface area contributed by atoms with Gasteiger partial charge in [-0.3, -0.25) is 14.2 Å². The average molecular weight is 494 g/mol. The van der Waals surface area contributed by atoms with Gasteiger partial charge in [-0.05, 0) is 67.3 Å². The Bertz CT molecular complexity index is 1420. The molecule has 5 nitrogen and oxygen atoms in total. The second kappa shape index (κ2) is 8.42. The van der Waals surface area contributed by atoms with E-state index in [1.165, 1.54) is 32.6 Å². The van der Waals surface area contributed by atoms with E-state index in [0.717, 1.165) is 48.1 Å². The molecule has 0 bridgehead atoms. The summed E-state index contributed by atoms with van der Waals surface area (Å²) >= 11 is 4.81. The minimum Gasteiger partial charge on any atom is -0.337 e. The van der Waals surface area contributed by atoms with Crippen molar-refractivity contribution in [3.8, 4) is 5.69 Å². The molecule has 0 saturated heterocycles. The zero-order valence-corrected chi connectivity index (χ0v) is 20.7. The smallest absolute Gasteiger partial charge is 0.267 e. The van der Waals surface area contributed by atoms with Crippen LogP contribution >= 0.6 is 34.4 Å². The number of amides is 1. The molecular formula is C25H23N3O2S3. The molecule has 1 aromatic carbocycles. The molecule has 4 aromatic rings. The third-order valence-corrected chi connectivity index (χ3v) is 9.72. The molecule has 168 valence electrons. The van der Waals surface area contributed by atoms with Gasteiger partial charge >= 0.3 is 0 Å². The van der Waals surface area contributed by atoms with Gasteiger partial charge in [0, 0.05) is 22.8 Å². The topological polar surface area (TPSA) is 55.2 Å². The van der Waals surface area contributed by atoms with Gasteiger partial charge < -0.3 is 4.90 Å². The molecule has 1 atom stereocenters. The summed E-state index contributed by atoms with van der Waals surface area (Å²) in [5, 5.41) is 3.12. The number of fused-ring (bicyclic) bond motifs is 4. The Morgan fingerprint density at radius 2 is 1.97 bits per heavy atom. The SMILES string of the molecule is CC(Sc1nc2sc3c(c2c(=O)n1-c1ccccc1)CCC3)C(=O)N1CCc2sccc2C1. The second-order valence-corrected chi connectivity index (χ2v) is 11.9. The lowest BCUT2D eigenvalue weighted by molar-refractivity contribution is -0.131. The Morgan fingerprint density at radius 1 is 1.12 bits per heavy atom. The quantitative estimate of drug-likeness (QED) is 0.294. The van der Waals surface area contributed by atoms with Crippen molar-refractivity contribution in [2.45, 2.75) is 49.6 Å². The summed E-state index contributed by atoms with van der Waals surface area (Å²) in [6.45, 7) is 3.33. The van der Waals surface area contributed by atoms with Gasteiger partial charge in [-0.2, -0.15) is 0 Å². The predicted octanol–water partition coefficient (Wildman–Crippen LogP) is 5.06. The van der Waals surface area contributed by atoms with Crippen LogP contribution in [0.3, 0.4) is 0 Å². The number of thiophene rings is 2. The van der Waals surface area contributed by atoms with E-state index in [1.807, 2.05) is 42.2 Å². The number of nitrogens with zero attached hydrogens (tertiary/aromatic N) is 3. The second-order valence-electron chi connectivity index (χ2n) is 8.55. The Morgan fingerprint density at radius 3 is 2.82 bits per heavy atom. The summed E-state index contributed by atoms with van der Waals surface area (Å²) in [7, 11) is 0.